The topological polar surface area (TPSA) is 101 Å². The van der Waals surface area contributed by atoms with Gasteiger partial charge in [0.2, 0.25) is 5.91 Å². The van der Waals surface area contributed by atoms with Gasteiger partial charge in [-0.2, -0.15) is 0 Å². The second kappa shape index (κ2) is 10.0. The Morgan fingerprint density at radius 2 is 1.69 bits per heavy atom. The molecule has 0 radical (unpaired) electrons. The van der Waals surface area contributed by atoms with Crippen LogP contribution in [0.5, 0.6) is 0 Å². The minimum Gasteiger partial charge on any atom is -0.335 e. The molecule has 2 aromatic rings. The van der Waals surface area contributed by atoms with Crippen molar-refractivity contribution in [3.8, 4) is 0 Å². The Morgan fingerprint density at radius 3 is 2.31 bits per heavy atom. The predicted molar refractivity (Wildman–Crippen MR) is 118 cm³/mol. The van der Waals surface area contributed by atoms with Crippen molar-refractivity contribution in [3.05, 3.63) is 54.0 Å². The standard InChI is InChI=1S/C20H25N5O2.2ClH/c1-20(2,3)19(27)24-17-16(22-9-10-23-17)18(26)25-11-14(15(21)12-25)13-7-5-4-6-8-13;;/h4-10,14-15H,11-12,21H2,1-3H3,(H,23,24,27);2*1H/t14-,15+;;/m0../s1. The van der Waals surface area contributed by atoms with Crippen molar-refractivity contribution >= 4 is 42.4 Å². The molecule has 0 aliphatic carbocycles. The average molecular weight is 440 g/mol. The van der Waals surface area contributed by atoms with Crippen LogP contribution >= 0.6 is 24.8 Å². The zero-order valence-corrected chi connectivity index (χ0v) is 18.3. The van der Waals surface area contributed by atoms with E-state index < -0.39 is 5.41 Å². The second-order valence-electron chi connectivity index (χ2n) is 7.85. The summed E-state index contributed by atoms with van der Waals surface area (Å²) in [7, 11) is 0. The fourth-order valence-corrected chi connectivity index (χ4v) is 3.08. The van der Waals surface area contributed by atoms with Crippen molar-refractivity contribution in [1.82, 2.24) is 14.9 Å². The van der Waals surface area contributed by atoms with E-state index in [1.54, 1.807) is 25.7 Å². The number of aromatic nitrogens is 2. The first-order chi connectivity index (χ1) is 12.8. The van der Waals surface area contributed by atoms with Gasteiger partial charge in [-0.05, 0) is 5.56 Å². The second-order valence-corrected chi connectivity index (χ2v) is 7.85. The Morgan fingerprint density at radius 1 is 1.07 bits per heavy atom. The minimum atomic E-state index is -0.605. The lowest BCUT2D eigenvalue weighted by atomic mass is 9.95. The molecule has 2 atom stereocenters. The van der Waals surface area contributed by atoms with Crippen LogP contribution in [-0.2, 0) is 4.79 Å². The van der Waals surface area contributed by atoms with Gasteiger partial charge >= 0.3 is 0 Å². The zero-order valence-electron chi connectivity index (χ0n) is 16.7. The van der Waals surface area contributed by atoms with Gasteiger partial charge in [-0.3, -0.25) is 9.59 Å². The summed E-state index contributed by atoms with van der Waals surface area (Å²) >= 11 is 0. The van der Waals surface area contributed by atoms with Gasteiger partial charge in [-0.25, -0.2) is 9.97 Å². The molecule has 1 saturated heterocycles. The fraction of sp³-hybridized carbons (Fsp3) is 0.400. The van der Waals surface area contributed by atoms with Gasteiger partial charge in [0.1, 0.15) is 0 Å². The van der Waals surface area contributed by atoms with Gasteiger partial charge < -0.3 is 16.0 Å². The van der Waals surface area contributed by atoms with Gasteiger partial charge in [0, 0.05) is 42.9 Å². The number of nitrogens with zero attached hydrogens (tertiary/aromatic N) is 3. The third-order valence-electron chi connectivity index (χ3n) is 4.69. The summed E-state index contributed by atoms with van der Waals surface area (Å²) in [4.78, 5) is 35.3. The van der Waals surface area contributed by atoms with E-state index in [4.69, 9.17) is 5.73 Å². The van der Waals surface area contributed by atoms with Gasteiger partial charge in [0.15, 0.2) is 11.5 Å². The SMILES string of the molecule is CC(C)(C)C(=O)Nc1nccnc1C(=O)N1C[C@@H](N)[C@H](c2ccccc2)C1.Cl.Cl. The molecule has 7 nitrogen and oxygen atoms in total. The highest BCUT2D eigenvalue weighted by Gasteiger charge is 2.36. The molecule has 0 unspecified atom stereocenters. The zero-order chi connectivity index (χ0) is 19.6. The smallest absolute Gasteiger partial charge is 0.276 e. The highest BCUT2D eigenvalue weighted by Crippen LogP contribution is 2.28. The van der Waals surface area contributed by atoms with E-state index in [1.807, 2.05) is 30.3 Å². The summed E-state index contributed by atoms with van der Waals surface area (Å²) in [6, 6.07) is 9.79. The lowest BCUT2D eigenvalue weighted by Gasteiger charge is -2.20. The number of benzene rings is 1. The van der Waals surface area contributed by atoms with Crippen molar-refractivity contribution in [2.45, 2.75) is 32.7 Å². The van der Waals surface area contributed by atoms with Gasteiger partial charge in [0.25, 0.3) is 5.91 Å². The van der Waals surface area contributed by atoms with Crippen molar-refractivity contribution < 1.29 is 9.59 Å². The Balaban J connectivity index is 0.00000210. The average Bonchev–Trinajstić information content (AvgIpc) is 3.03. The maximum absolute atomic E-state index is 13.0. The number of nitrogens with two attached hydrogens (primary N) is 1. The molecule has 9 heteroatoms. The molecule has 1 aliphatic heterocycles. The summed E-state index contributed by atoms with van der Waals surface area (Å²) in [5.74, 6) is -0.253. The van der Waals surface area contributed by atoms with Crippen LogP contribution in [0.2, 0.25) is 0 Å². The molecule has 0 bridgehead atoms. The first-order valence-corrected chi connectivity index (χ1v) is 8.99. The fourth-order valence-electron chi connectivity index (χ4n) is 3.08. The number of anilines is 1. The number of halogens is 2. The quantitative estimate of drug-likeness (QED) is 0.765. The van der Waals surface area contributed by atoms with E-state index in [9.17, 15) is 9.59 Å². The molecule has 1 fully saturated rings. The van der Waals surface area contributed by atoms with Crippen LogP contribution in [0.4, 0.5) is 5.82 Å². The molecule has 1 aromatic carbocycles. The number of amides is 2. The van der Waals surface area contributed by atoms with Crippen molar-refractivity contribution in [1.29, 1.82) is 0 Å². The van der Waals surface area contributed by atoms with E-state index in [-0.39, 0.29) is 60.1 Å². The molecule has 1 aromatic heterocycles. The normalized spacial score (nSPS) is 18.4. The van der Waals surface area contributed by atoms with E-state index >= 15 is 0 Å². The van der Waals surface area contributed by atoms with E-state index in [0.717, 1.165) is 5.56 Å². The summed E-state index contributed by atoms with van der Waals surface area (Å²) in [6.45, 7) is 6.33. The molecule has 1 aliphatic rings. The molecule has 0 saturated carbocycles. The number of carbonyl (C=O) groups is 2. The van der Waals surface area contributed by atoms with Crippen LogP contribution < -0.4 is 11.1 Å². The van der Waals surface area contributed by atoms with E-state index in [2.05, 4.69) is 15.3 Å². The molecule has 2 heterocycles. The summed E-state index contributed by atoms with van der Waals surface area (Å²) in [5, 5.41) is 2.72. The molecule has 0 spiro atoms. The van der Waals surface area contributed by atoms with Crippen LogP contribution in [-0.4, -0.2) is 45.8 Å². The third kappa shape index (κ3) is 5.65. The van der Waals surface area contributed by atoms with Crippen molar-refractivity contribution in [3.63, 3.8) is 0 Å². The minimum absolute atomic E-state index is 0. The monoisotopic (exact) mass is 439 g/mol. The van der Waals surface area contributed by atoms with Gasteiger partial charge in [0.05, 0.1) is 0 Å². The van der Waals surface area contributed by atoms with Crippen LogP contribution in [0, 0.1) is 5.41 Å². The van der Waals surface area contributed by atoms with E-state index in [1.165, 1.54) is 12.4 Å². The van der Waals surface area contributed by atoms with Crippen LogP contribution in [0.15, 0.2) is 42.7 Å². The Kier molecular flexibility index (Phi) is 8.56. The highest BCUT2D eigenvalue weighted by molar-refractivity contribution is 6.02. The van der Waals surface area contributed by atoms with E-state index in [0.29, 0.717) is 13.1 Å². The predicted octanol–water partition coefficient (Wildman–Crippen LogP) is 2.87. The molecule has 29 heavy (non-hydrogen) atoms. The number of hydrogen-bond acceptors (Lipinski definition) is 5. The maximum Gasteiger partial charge on any atom is 0.276 e. The Bertz CT molecular complexity index is 842. The lowest BCUT2D eigenvalue weighted by molar-refractivity contribution is -0.123. The van der Waals surface area contributed by atoms with Crippen molar-refractivity contribution in [2.24, 2.45) is 11.1 Å². The highest BCUT2D eigenvalue weighted by atomic mass is 35.5. The molecular formula is C20H27Cl2N5O2. The Labute approximate surface area is 183 Å². The number of carbonyl (C=O) groups excluding carboxylic acids is 2. The number of hydrogen-bond donors (Lipinski definition) is 2. The molecular weight excluding hydrogens is 413 g/mol. The van der Waals surface area contributed by atoms with Crippen molar-refractivity contribution in [2.75, 3.05) is 18.4 Å². The largest absolute Gasteiger partial charge is 0.335 e. The number of rotatable bonds is 3. The molecule has 2 amide bonds. The van der Waals surface area contributed by atoms with Gasteiger partial charge in [-0.15, -0.1) is 24.8 Å². The third-order valence-corrected chi connectivity index (χ3v) is 4.69. The molecule has 3 rings (SSSR count). The first-order valence-electron chi connectivity index (χ1n) is 8.99. The molecule has 158 valence electrons. The first kappa shape index (κ1) is 24.8. The Hall–Kier alpha value is -2.22. The van der Waals surface area contributed by atoms with Crippen LogP contribution in [0.3, 0.4) is 0 Å². The number of likely N-dealkylation sites (tertiary alicyclic amines) is 1. The van der Waals surface area contributed by atoms with Gasteiger partial charge in [-0.1, -0.05) is 51.1 Å². The number of nitrogens with one attached hydrogen (secondary N) is 1. The van der Waals surface area contributed by atoms with Crippen LogP contribution in [0.25, 0.3) is 0 Å². The molecule has 3 N–H and O–H groups in total. The summed E-state index contributed by atoms with van der Waals surface area (Å²) < 4.78 is 0. The van der Waals surface area contributed by atoms with Crippen LogP contribution in [0.1, 0.15) is 42.7 Å². The summed E-state index contributed by atoms with van der Waals surface area (Å²) in [5.41, 5.74) is 6.94. The lowest BCUT2D eigenvalue weighted by Crippen LogP contribution is -2.34. The summed E-state index contributed by atoms with van der Waals surface area (Å²) in [6.07, 6.45) is 2.90. The maximum atomic E-state index is 13.0.